The maximum atomic E-state index is 4.33. The largest absolute Gasteiger partial charge is 0.338 e. The summed E-state index contributed by atoms with van der Waals surface area (Å²) in [6, 6.07) is 1.86. The van der Waals surface area contributed by atoms with Crippen molar-refractivity contribution in [3.8, 4) is 0 Å². The highest BCUT2D eigenvalue weighted by Crippen LogP contribution is 2.11. The van der Waals surface area contributed by atoms with E-state index < -0.39 is 0 Å². The lowest BCUT2D eigenvalue weighted by molar-refractivity contribution is 0.215. The highest BCUT2D eigenvalue weighted by molar-refractivity contribution is 5.29. The molecule has 1 saturated heterocycles. The van der Waals surface area contributed by atoms with Gasteiger partial charge in [-0.05, 0) is 39.3 Å². The monoisotopic (exact) mass is 291 g/mol. The molecule has 1 unspecified atom stereocenters. The molecule has 1 aromatic heterocycles. The summed E-state index contributed by atoms with van der Waals surface area (Å²) in [5.41, 5.74) is 0.206. The van der Waals surface area contributed by atoms with E-state index >= 15 is 0 Å². The van der Waals surface area contributed by atoms with Gasteiger partial charge in [-0.1, -0.05) is 6.92 Å². The van der Waals surface area contributed by atoms with Crippen molar-refractivity contribution in [1.82, 2.24) is 20.2 Å². The third kappa shape index (κ3) is 5.59. The van der Waals surface area contributed by atoms with Crippen molar-refractivity contribution in [2.24, 2.45) is 5.92 Å². The molecule has 0 saturated carbocycles. The quantitative estimate of drug-likeness (QED) is 0.893. The lowest BCUT2D eigenvalue weighted by atomic mass is 10.1. The molecule has 1 fully saturated rings. The average molecular weight is 291 g/mol. The van der Waals surface area contributed by atoms with Gasteiger partial charge in [0.25, 0.3) is 0 Å². The van der Waals surface area contributed by atoms with Crippen molar-refractivity contribution in [2.45, 2.75) is 33.2 Å². The van der Waals surface area contributed by atoms with E-state index in [0.717, 1.165) is 45.2 Å². The number of rotatable bonds is 5. The van der Waals surface area contributed by atoms with Crippen LogP contribution in [-0.2, 0) is 0 Å². The van der Waals surface area contributed by atoms with Gasteiger partial charge in [0.1, 0.15) is 0 Å². The number of aromatic nitrogens is 2. The van der Waals surface area contributed by atoms with E-state index in [1.54, 1.807) is 0 Å². The molecule has 1 N–H and O–H groups in total. The van der Waals surface area contributed by atoms with Crippen LogP contribution in [0.25, 0.3) is 0 Å². The Morgan fingerprint density at radius 2 is 1.76 bits per heavy atom. The van der Waals surface area contributed by atoms with Crippen LogP contribution in [0.5, 0.6) is 0 Å². The lowest BCUT2D eigenvalue weighted by Gasteiger charge is -2.36. The molecule has 1 aromatic rings. The fourth-order valence-corrected chi connectivity index (χ4v) is 2.57. The van der Waals surface area contributed by atoms with Crippen molar-refractivity contribution in [3.05, 3.63) is 18.5 Å². The Kier molecular flexibility index (Phi) is 5.53. The Bertz CT molecular complexity index is 406. The molecule has 1 atom stereocenters. The molecular formula is C16H29N5. The van der Waals surface area contributed by atoms with Crippen molar-refractivity contribution in [2.75, 3.05) is 44.2 Å². The van der Waals surface area contributed by atoms with Crippen LogP contribution in [0.3, 0.4) is 0 Å². The third-order valence-corrected chi connectivity index (χ3v) is 3.76. The molecule has 5 nitrogen and oxygen atoms in total. The first kappa shape index (κ1) is 16.2. The van der Waals surface area contributed by atoms with Gasteiger partial charge >= 0.3 is 0 Å². The van der Waals surface area contributed by atoms with Crippen molar-refractivity contribution in [1.29, 1.82) is 0 Å². The van der Waals surface area contributed by atoms with Gasteiger partial charge in [0.05, 0.1) is 0 Å². The fourth-order valence-electron chi connectivity index (χ4n) is 2.57. The molecule has 2 heterocycles. The highest BCUT2D eigenvalue weighted by atomic mass is 15.3. The van der Waals surface area contributed by atoms with Crippen LogP contribution in [0.15, 0.2) is 18.5 Å². The van der Waals surface area contributed by atoms with E-state index in [4.69, 9.17) is 0 Å². The summed E-state index contributed by atoms with van der Waals surface area (Å²) in [6.07, 6.45) is 3.63. The van der Waals surface area contributed by atoms with Crippen LogP contribution in [0, 0.1) is 5.92 Å². The second-order valence-corrected chi connectivity index (χ2v) is 7.07. The summed E-state index contributed by atoms with van der Waals surface area (Å²) in [6.45, 7) is 15.4. The highest BCUT2D eigenvalue weighted by Gasteiger charge is 2.20. The summed E-state index contributed by atoms with van der Waals surface area (Å²) < 4.78 is 0. The SMILES string of the molecule is CC(CNC(C)(C)C)CN1CCN(c2ncccn2)CC1. The normalized spacial score (nSPS) is 18.8. The molecule has 5 heteroatoms. The van der Waals surface area contributed by atoms with Crippen LogP contribution in [0.1, 0.15) is 27.7 Å². The summed E-state index contributed by atoms with van der Waals surface area (Å²) in [5.74, 6) is 1.53. The topological polar surface area (TPSA) is 44.3 Å². The zero-order valence-corrected chi connectivity index (χ0v) is 13.8. The molecule has 118 valence electrons. The van der Waals surface area contributed by atoms with Crippen LogP contribution in [0.2, 0.25) is 0 Å². The van der Waals surface area contributed by atoms with Gasteiger partial charge in [-0.3, -0.25) is 4.90 Å². The van der Waals surface area contributed by atoms with Crippen LogP contribution < -0.4 is 10.2 Å². The molecule has 2 rings (SSSR count). The van der Waals surface area contributed by atoms with Gasteiger partial charge in [-0.2, -0.15) is 0 Å². The van der Waals surface area contributed by atoms with Gasteiger partial charge in [-0.25, -0.2) is 9.97 Å². The minimum absolute atomic E-state index is 0.206. The number of nitrogens with one attached hydrogen (secondary N) is 1. The first-order valence-corrected chi connectivity index (χ1v) is 7.93. The standard InChI is InChI=1S/C16H29N5/c1-14(12-19-16(2,3)4)13-20-8-10-21(11-9-20)15-17-6-5-7-18-15/h5-7,14,19H,8-13H2,1-4H3. The molecule has 1 aliphatic rings. The molecule has 0 aliphatic carbocycles. The minimum atomic E-state index is 0.206. The van der Waals surface area contributed by atoms with E-state index in [9.17, 15) is 0 Å². The Balaban J connectivity index is 1.72. The van der Waals surface area contributed by atoms with Crippen molar-refractivity contribution < 1.29 is 0 Å². The molecule has 21 heavy (non-hydrogen) atoms. The number of hydrogen-bond acceptors (Lipinski definition) is 5. The van der Waals surface area contributed by atoms with Gasteiger partial charge in [0.2, 0.25) is 5.95 Å². The molecule has 1 aliphatic heterocycles. The Hall–Kier alpha value is -1.20. The third-order valence-electron chi connectivity index (χ3n) is 3.76. The van der Waals surface area contributed by atoms with Gasteiger partial charge in [0.15, 0.2) is 0 Å². The van der Waals surface area contributed by atoms with Crippen LogP contribution in [-0.4, -0.2) is 59.7 Å². The number of hydrogen-bond donors (Lipinski definition) is 1. The predicted octanol–water partition coefficient (Wildman–Crippen LogP) is 1.62. The van der Waals surface area contributed by atoms with Gasteiger partial charge < -0.3 is 10.2 Å². The average Bonchev–Trinajstić information content (AvgIpc) is 2.46. The lowest BCUT2D eigenvalue weighted by Crippen LogP contribution is -2.49. The second-order valence-electron chi connectivity index (χ2n) is 7.07. The molecule has 0 aromatic carbocycles. The molecule has 0 bridgehead atoms. The van der Waals surface area contributed by atoms with Crippen molar-refractivity contribution >= 4 is 5.95 Å². The van der Waals surface area contributed by atoms with E-state index in [2.05, 4.69) is 52.8 Å². The maximum Gasteiger partial charge on any atom is 0.225 e. The van der Waals surface area contributed by atoms with Gasteiger partial charge in [-0.15, -0.1) is 0 Å². The zero-order chi connectivity index (χ0) is 15.3. The van der Waals surface area contributed by atoms with E-state index in [-0.39, 0.29) is 5.54 Å². The Morgan fingerprint density at radius 3 is 2.33 bits per heavy atom. The Morgan fingerprint density at radius 1 is 1.14 bits per heavy atom. The number of piperazine rings is 1. The van der Waals surface area contributed by atoms with Crippen LogP contribution in [0.4, 0.5) is 5.95 Å². The second kappa shape index (κ2) is 7.18. The van der Waals surface area contributed by atoms with E-state index in [0.29, 0.717) is 5.92 Å². The summed E-state index contributed by atoms with van der Waals surface area (Å²) in [4.78, 5) is 13.5. The van der Waals surface area contributed by atoms with Crippen molar-refractivity contribution in [3.63, 3.8) is 0 Å². The first-order valence-electron chi connectivity index (χ1n) is 7.93. The number of nitrogens with zero attached hydrogens (tertiary/aromatic N) is 4. The minimum Gasteiger partial charge on any atom is -0.338 e. The summed E-state index contributed by atoms with van der Waals surface area (Å²) in [7, 11) is 0. The summed E-state index contributed by atoms with van der Waals surface area (Å²) >= 11 is 0. The van der Waals surface area contributed by atoms with E-state index in [1.807, 2.05) is 18.5 Å². The maximum absolute atomic E-state index is 4.33. The van der Waals surface area contributed by atoms with Gasteiger partial charge in [0, 0.05) is 50.7 Å². The zero-order valence-electron chi connectivity index (χ0n) is 13.8. The molecule has 0 amide bonds. The fraction of sp³-hybridized carbons (Fsp3) is 0.750. The predicted molar refractivity (Wildman–Crippen MR) is 87.6 cm³/mol. The molecule has 0 radical (unpaired) electrons. The summed E-state index contributed by atoms with van der Waals surface area (Å²) in [5, 5.41) is 3.59. The Labute approximate surface area is 128 Å². The first-order chi connectivity index (χ1) is 9.94. The van der Waals surface area contributed by atoms with Crippen LogP contribution >= 0.6 is 0 Å². The molecule has 0 spiro atoms. The number of anilines is 1. The smallest absolute Gasteiger partial charge is 0.225 e. The molecular weight excluding hydrogens is 262 g/mol. The van der Waals surface area contributed by atoms with E-state index in [1.165, 1.54) is 0 Å².